The van der Waals surface area contributed by atoms with Crippen LogP contribution in [0.2, 0.25) is 0 Å². The fourth-order valence-electron chi connectivity index (χ4n) is 10.7. The molecule has 10 aromatic rings. The molecule has 0 bridgehead atoms. The molecule has 0 saturated carbocycles. The second-order valence-electron chi connectivity index (χ2n) is 24.3. The molecule has 0 atom stereocenters. The van der Waals surface area contributed by atoms with Crippen LogP contribution in [0, 0.1) is 13.8 Å². The zero-order chi connectivity index (χ0) is 71.0. The summed E-state index contributed by atoms with van der Waals surface area (Å²) in [6, 6.07) is 58.5. The summed E-state index contributed by atoms with van der Waals surface area (Å²) in [5, 5.41) is 1.78. The predicted octanol–water partition coefficient (Wildman–Crippen LogP) is 18.9. The number of para-hydroxylation sites is 6. The quantitative estimate of drug-likeness (QED) is 0.0184. The van der Waals surface area contributed by atoms with Gasteiger partial charge >= 0.3 is 53.0 Å². The first kappa shape index (κ1) is 74.4. The van der Waals surface area contributed by atoms with E-state index in [1.807, 2.05) is 12.1 Å². The fourth-order valence-corrected chi connectivity index (χ4v) is 12.9. The van der Waals surface area contributed by atoms with Gasteiger partial charge in [-0.05, 0) is 150 Å². The van der Waals surface area contributed by atoms with Crippen LogP contribution in [0.25, 0.3) is 32.7 Å². The smallest absolute Gasteiger partial charge is 0.463 e. The summed E-state index contributed by atoms with van der Waals surface area (Å²) in [7, 11) is -5.93. The lowest BCUT2D eigenvalue weighted by molar-refractivity contribution is -0.147. The maximum Gasteiger partial charge on any atom is 0.530 e. The highest BCUT2D eigenvalue weighted by Gasteiger charge is 2.37. The van der Waals surface area contributed by atoms with E-state index in [0.717, 1.165) is 0 Å². The van der Waals surface area contributed by atoms with Crippen LogP contribution < -0.4 is 36.6 Å². The van der Waals surface area contributed by atoms with E-state index < -0.39 is 77.4 Å². The minimum atomic E-state index is -2.97. The molecule has 0 heterocycles. The Morgan fingerprint density at radius 2 is 0.564 bits per heavy atom. The number of esters is 6. The van der Waals surface area contributed by atoms with Gasteiger partial charge in [0.2, 0.25) is 0 Å². The van der Waals surface area contributed by atoms with E-state index in [0.29, 0.717) is 54.9 Å². The molecule has 0 aliphatic rings. The Bertz CT molecular complexity index is 4190. The molecule has 522 valence electrons. The monoisotopic (exact) mass is 1400 g/mol. The van der Waals surface area contributed by atoms with E-state index in [9.17, 15) is 19.2 Å². The van der Waals surface area contributed by atoms with Gasteiger partial charge in [0, 0.05) is 33.4 Å². The van der Waals surface area contributed by atoms with Gasteiger partial charge in [0.15, 0.2) is 11.5 Å². The molecule has 10 rings (SSSR count). The van der Waals surface area contributed by atoms with Crippen LogP contribution >= 0.6 is 17.2 Å². The van der Waals surface area contributed by atoms with Crippen molar-refractivity contribution in [1.82, 2.24) is 0 Å². The number of rotatable bonds is 29. The molecule has 0 aliphatic carbocycles. The van der Waals surface area contributed by atoms with Crippen molar-refractivity contribution < 1.29 is 84.3 Å². The van der Waals surface area contributed by atoms with E-state index in [2.05, 4.69) is 0 Å². The van der Waals surface area contributed by atoms with Gasteiger partial charge in [-0.15, -0.1) is 0 Å². The van der Waals surface area contributed by atoms with Crippen molar-refractivity contribution in [3.63, 3.8) is 0 Å². The molecule has 0 N–H and O–H groups in total. The zero-order valence-electron chi connectivity index (χ0n) is 57.0. The third-order valence-corrected chi connectivity index (χ3v) is 17.1. The Morgan fingerprint density at radius 1 is 0.317 bits per heavy atom. The van der Waals surface area contributed by atoms with Gasteiger partial charge in [-0.3, -0.25) is 19.2 Å². The predicted molar refractivity (Wildman–Crippen MR) is 389 cm³/mol. The topological polar surface area (TPSA) is 213 Å². The van der Waals surface area contributed by atoms with Gasteiger partial charge in [-0.1, -0.05) is 165 Å². The van der Waals surface area contributed by atoms with Crippen LogP contribution in [0.4, 0.5) is 0 Å². The molecular weight excluding hydrogens is 1320 g/mol. The lowest BCUT2D eigenvalue weighted by atomic mass is 9.88. The summed E-state index contributed by atoms with van der Waals surface area (Å²) >= 11 is 0. The molecule has 0 aliphatic heterocycles. The lowest BCUT2D eigenvalue weighted by Gasteiger charge is -2.27. The summed E-state index contributed by atoms with van der Waals surface area (Å²) in [6.07, 6.45) is -2.74. The van der Waals surface area contributed by atoms with Crippen LogP contribution in [0.3, 0.4) is 0 Å². The normalized spacial score (nSPS) is 11.1. The largest absolute Gasteiger partial charge is 0.530 e. The van der Waals surface area contributed by atoms with Crippen LogP contribution in [-0.2, 0) is 63.8 Å². The Labute approximate surface area is 590 Å². The van der Waals surface area contributed by atoms with E-state index >= 15 is 9.59 Å². The molecular formula is C81H80O18P2. The molecule has 20 heteroatoms. The van der Waals surface area contributed by atoms with Crippen molar-refractivity contribution in [3.05, 3.63) is 251 Å². The number of fused-ring (bicyclic) bond motifs is 2. The highest BCUT2D eigenvalue weighted by Crippen LogP contribution is 2.56. The number of carbonyl (C=O) groups is 6. The van der Waals surface area contributed by atoms with Crippen LogP contribution in [0.15, 0.2) is 206 Å². The number of hydrogen-bond donors (Lipinski definition) is 0. The van der Waals surface area contributed by atoms with E-state index in [1.54, 1.807) is 263 Å². The molecule has 10 aromatic carbocycles. The lowest BCUT2D eigenvalue weighted by Crippen LogP contribution is -2.16. The first-order valence-electron chi connectivity index (χ1n) is 32.6. The number of benzene rings is 10. The van der Waals surface area contributed by atoms with Crippen molar-refractivity contribution >= 4 is 74.6 Å². The van der Waals surface area contributed by atoms with Crippen LogP contribution in [-0.4, -0.2) is 60.2 Å². The molecule has 0 unspecified atom stereocenters. The second-order valence-corrected chi connectivity index (χ2v) is 26.3. The van der Waals surface area contributed by atoms with E-state index in [1.165, 1.54) is 0 Å². The van der Waals surface area contributed by atoms with Crippen molar-refractivity contribution in [1.29, 1.82) is 0 Å². The third-order valence-electron chi connectivity index (χ3n) is 15.0. The SMILES string of the molecule is C.Cc1ccccc1OC(=O)c1cc2ccccc2c(-c2c(OP(Oc3ccccc3CC(=O)OC(C)C)Oc3ccccc3CC(=O)OC(C)C)c(C(=O)Oc3ccccc3C)cc3ccccc23)c1OP(Oc1ccccc1CC(=O)OC(C)C)Oc1ccccc1CC(=O)OC(C)C. The first-order chi connectivity index (χ1) is 48.1. The molecule has 0 aromatic heterocycles. The molecule has 0 saturated heterocycles. The number of carbonyl (C=O) groups excluding carboxylic acids is 6. The molecule has 18 nitrogen and oxygen atoms in total. The molecule has 0 radical (unpaired) electrons. The average molecular weight is 1400 g/mol. The summed E-state index contributed by atoms with van der Waals surface area (Å²) < 4.78 is 78.0. The summed E-state index contributed by atoms with van der Waals surface area (Å²) in [5.41, 5.74) is 2.63. The van der Waals surface area contributed by atoms with Crippen molar-refractivity contribution in [2.24, 2.45) is 0 Å². The maximum absolute atomic E-state index is 15.8. The Balaban J connectivity index is 0.0000119. The standard InChI is InChI=1S/C80H76O18P2.CH4/c1-49(2)87-71(81)45-57-31-15-23-39-67(57)93-99(94-68-40-24-16-32-58(68)46-72(82)88-50(3)4)97-77-63(79(85)91-65-37-21-11-27-53(65)9)43-55-29-13-19-35-61(55)75(77)76-62-36-20-14-30-56(62)44-64(80(86)92-66-38-22-12-28-54(66)10)78(76)98-100(95-69-41-25-17-33-59(69)47-73(83)89-51(5)6)96-70-42-26-18-34-60(70)48-74(84)90-52(7)8;/h11-44,49-52H,45-48H2,1-10H3;1H4. The van der Waals surface area contributed by atoms with Crippen molar-refractivity contribution in [2.75, 3.05) is 0 Å². The highest BCUT2D eigenvalue weighted by atomic mass is 31.2. The van der Waals surface area contributed by atoms with Gasteiger partial charge in [0.1, 0.15) is 45.6 Å². The van der Waals surface area contributed by atoms with Gasteiger partial charge in [0.25, 0.3) is 0 Å². The van der Waals surface area contributed by atoms with Crippen LogP contribution in [0.1, 0.15) is 117 Å². The van der Waals surface area contributed by atoms with E-state index in [-0.39, 0.29) is 101 Å². The van der Waals surface area contributed by atoms with Gasteiger partial charge in [-0.2, -0.15) is 0 Å². The van der Waals surface area contributed by atoms with Crippen molar-refractivity contribution in [2.45, 2.75) is 127 Å². The molecule has 0 amide bonds. The Morgan fingerprint density at radius 3 is 0.842 bits per heavy atom. The van der Waals surface area contributed by atoms with Gasteiger partial charge in [0.05, 0.1) is 50.1 Å². The third kappa shape index (κ3) is 19.8. The van der Waals surface area contributed by atoms with Crippen molar-refractivity contribution in [3.8, 4) is 57.1 Å². The second kappa shape index (κ2) is 34.8. The summed E-state index contributed by atoms with van der Waals surface area (Å²) in [4.78, 5) is 85.9. The van der Waals surface area contributed by atoms with Gasteiger partial charge < -0.3 is 55.6 Å². The summed E-state index contributed by atoms with van der Waals surface area (Å²) in [5.74, 6) is -3.52. The highest BCUT2D eigenvalue weighted by molar-refractivity contribution is 7.43. The number of ether oxygens (including phenoxy) is 6. The fraction of sp³-hybridized carbons (Fsp3) is 0.235. The number of aryl methyl sites for hydroxylation is 2. The average Bonchev–Trinajstić information content (AvgIpc) is 0.729. The summed E-state index contributed by atoms with van der Waals surface area (Å²) in [6.45, 7) is 17.5. The first-order valence-corrected chi connectivity index (χ1v) is 34.8. The molecule has 101 heavy (non-hydrogen) atoms. The maximum atomic E-state index is 15.8. The minimum absolute atomic E-state index is 0. The molecule has 0 spiro atoms. The van der Waals surface area contributed by atoms with Crippen LogP contribution in [0.5, 0.6) is 46.0 Å². The minimum Gasteiger partial charge on any atom is -0.463 e. The Hall–Kier alpha value is -10.8. The van der Waals surface area contributed by atoms with E-state index in [4.69, 9.17) is 55.6 Å². The van der Waals surface area contributed by atoms with Gasteiger partial charge in [-0.25, -0.2) is 9.59 Å². The Kier molecular flexibility index (Phi) is 25.6. The molecule has 0 fully saturated rings. The zero-order valence-corrected chi connectivity index (χ0v) is 58.8. The number of hydrogen-bond acceptors (Lipinski definition) is 18.